The fourth-order valence-corrected chi connectivity index (χ4v) is 12.0. The fraction of sp³-hybridized carbons (Fsp3) is 0.939. The van der Waals surface area contributed by atoms with E-state index < -0.39 is 8.32 Å². The summed E-state index contributed by atoms with van der Waals surface area (Å²) < 4.78 is 12.9. The van der Waals surface area contributed by atoms with Crippen LogP contribution < -0.4 is 0 Å². The van der Waals surface area contributed by atoms with Crippen molar-refractivity contribution in [2.75, 3.05) is 0 Å². The Morgan fingerprint density at radius 3 is 2.41 bits per heavy atom. The van der Waals surface area contributed by atoms with Gasteiger partial charge in [-0.15, -0.1) is 0 Å². The first-order valence-corrected chi connectivity index (χ1v) is 20.0. The summed E-state index contributed by atoms with van der Waals surface area (Å²) in [4.78, 5) is 4.73. The summed E-state index contributed by atoms with van der Waals surface area (Å²) in [6.07, 6.45) is 14.6. The number of hydrogen-bond donors (Lipinski definition) is 1. The fourth-order valence-electron chi connectivity index (χ4n) is 10.9. The van der Waals surface area contributed by atoms with Gasteiger partial charge in [0.25, 0.3) is 0 Å². The second kappa shape index (κ2) is 10.2. The van der Waals surface area contributed by atoms with E-state index in [0.717, 1.165) is 55.2 Å². The smallest absolute Gasteiger partial charge is 0.226 e. The molecule has 1 aromatic heterocycles. The van der Waals surface area contributed by atoms with Crippen molar-refractivity contribution in [2.24, 2.45) is 52.3 Å². The van der Waals surface area contributed by atoms with E-state index in [1.54, 1.807) is 0 Å². The van der Waals surface area contributed by atoms with Gasteiger partial charge >= 0.3 is 0 Å². The standard InChI is InChI=1S/C33H56N2O3Si/c1-8-23-27-19-22(36)15-17-33(27,4)26-16-18-32(3)24(12-13-25(32)29(26)30(23)38-39(5,6)7)20(2)9-14-28-34-31(35-37-28)21-10-11-21/h20-27,29-30,36H,8-19H2,1-7H3/t20-,22-,23-,24-,25+,26+,27?,29+,30-,32-,33-/m1/s1. The second-order valence-corrected chi connectivity index (χ2v) is 20.6. The van der Waals surface area contributed by atoms with Crippen LogP contribution in [-0.2, 0) is 10.8 Å². The first-order valence-electron chi connectivity index (χ1n) is 16.6. The van der Waals surface area contributed by atoms with Crippen LogP contribution in [0.25, 0.3) is 0 Å². The molecule has 5 nitrogen and oxygen atoms in total. The van der Waals surface area contributed by atoms with E-state index in [1.165, 1.54) is 51.4 Å². The Labute approximate surface area is 238 Å². The molecule has 1 heterocycles. The van der Waals surface area contributed by atoms with Crippen molar-refractivity contribution in [3.05, 3.63) is 11.7 Å². The largest absolute Gasteiger partial charge is 0.414 e. The number of aryl methyl sites for hydroxylation is 1. The maximum Gasteiger partial charge on any atom is 0.226 e. The summed E-state index contributed by atoms with van der Waals surface area (Å²) in [5.74, 6) is 7.15. The maximum atomic E-state index is 10.8. The highest BCUT2D eigenvalue weighted by molar-refractivity contribution is 6.69. The molecule has 0 bridgehead atoms. The van der Waals surface area contributed by atoms with Gasteiger partial charge in [-0.2, -0.15) is 4.98 Å². The molecule has 39 heavy (non-hydrogen) atoms. The minimum Gasteiger partial charge on any atom is -0.414 e. The van der Waals surface area contributed by atoms with E-state index in [9.17, 15) is 5.11 Å². The summed E-state index contributed by atoms with van der Waals surface area (Å²) >= 11 is 0. The van der Waals surface area contributed by atoms with Crippen LogP contribution >= 0.6 is 0 Å². The molecule has 1 aromatic rings. The molecule has 11 atom stereocenters. The number of nitrogens with zero attached hydrogens (tertiary/aromatic N) is 2. The molecule has 0 amide bonds. The average Bonchev–Trinajstić information content (AvgIpc) is 3.50. The van der Waals surface area contributed by atoms with Gasteiger partial charge in [0, 0.05) is 12.3 Å². The molecule has 5 aliphatic carbocycles. The Balaban J connectivity index is 1.25. The quantitative estimate of drug-likeness (QED) is 0.329. The lowest BCUT2D eigenvalue weighted by Crippen LogP contribution is -2.63. The molecule has 5 fully saturated rings. The van der Waals surface area contributed by atoms with Crippen LogP contribution in [0.5, 0.6) is 0 Å². The van der Waals surface area contributed by atoms with E-state index in [1.807, 2.05) is 0 Å². The number of fused-ring (bicyclic) bond motifs is 5. The molecule has 5 saturated carbocycles. The van der Waals surface area contributed by atoms with Crippen LogP contribution in [0.1, 0.15) is 116 Å². The molecule has 0 saturated heterocycles. The predicted octanol–water partition coefficient (Wildman–Crippen LogP) is 8.00. The lowest BCUT2D eigenvalue weighted by Gasteiger charge is -2.66. The molecular weight excluding hydrogens is 500 g/mol. The normalized spacial score (nSPS) is 44.9. The van der Waals surface area contributed by atoms with Crippen LogP contribution in [0.3, 0.4) is 0 Å². The van der Waals surface area contributed by atoms with Gasteiger partial charge in [0.15, 0.2) is 14.1 Å². The van der Waals surface area contributed by atoms with Crippen molar-refractivity contribution in [3.8, 4) is 0 Å². The summed E-state index contributed by atoms with van der Waals surface area (Å²) in [6.45, 7) is 17.4. The van der Waals surface area contributed by atoms with Crippen molar-refractivity contribution >= 4 is 8.32 Å². The van der Waals surface area contributed by atoms with Crippen molar-refractivity contribution < 1.29 is 14.1 Å². The van der Waals surface area contributed by atoms with Crippen LogP contribution in [0, 0.1) is 52.3 Å². The number of rotatable bonds is 8. The van der Waals surface area contributed by atoms with Crippen LogP contribution in [0.2, 0.25) is 19.6 Å². The van der Waals surface area contributed by atoms with Crippen LogP contribution in [-0.4, -0.2) is 35.8 Å². The minimum absolute atomic E-state index is 0.119. The highest BCUT2D eigenvalue weighted by atomic mass is 28.4. The number of aliphatic hydroxyl groups excluding tert-OH is 1. The molecule has 0 aliphatic heterocycles. The van der Waals surface area contributed by atoms with Crippen LogP contribution in [0.15, 0.2) is 4.52 Å². The molecule has 1 unspecified atom stereocenters. The van der Waals surface area contributed by atoms with Gasteiger partial charge in [-0.1, -0.05) is 39.3 Å². The second-order valence-electron chi connectivity index (χ2n) is 16.2. The zero-order valence-electron chi connectivity index (χ0n) is 25.9. The van der Waals surface area contributed by atoms with Gasteiger partial charge in [0.1, 0.15) is 0 Å². The van der Waals surface area contributed by atoms with Gasteiger partial charge in [0.05, 0.1) is 12.2 Å². The van der Waals surface area contributed by atoms with Gasteiger partial charge < -0.3 is 14.1 Å². The summed E-state index contributed by atoms with van der Waals surface area (Å²) in [6, 6.07) is 0. The molecule has 0 aromatic carbocycles. The Kier molecular flexibility index (Phi) is 7.44. The zero-order valence-corrected chi connectivity index (χ0v) is 26.9. The molecule has 6 heteroatoms. The molecule has 1 N–H and O–H groups in total. The third-order valence-electron chi connectivity index (χ3n) is 12.8. The number of aromatic nitrogens is 2. The Bertz CT molecular complexity index is 1020. The Hall–Kier alpha value is -0.723. The Morgan fingerprint density at radius 1 is 1.00 bits per heavy atom. The monoisotopic (exact) mass is 556 g/mol. The molecule has 6 rings (SSSR count). The SMILES string of the molecule is CC[C@@H]1C2C[C@H](O)CC[C@]2(C)[C@H]2CC[C@]3(C)[C@@H]([C@H](C)CCc4nc(C5CC5)no4)CC[C@H]3[C@@H]2[C@@H]1O[Si](C)(C)C. The molecule has 220 valence electrons. The lowest BCUT2D eigenvalue weighted by molar-refractivity contribution is -0.198. The predicted molar refractivity (Wildman–Crippen MR) is 158 cm³/mol. The molecule has 5 aliphatic rings. The third kappa shape index (κ3) is 5.00. The first-order chi connectivity index (χ1) is 18.4. The zero-order chi connectivity index (χ0) is 27.7. The third-order valence-corrected chi connectivity index (χ3v) is 13.8. The average molecular weight is 557 g/mol. The minimum atomic E-state index is -1.72. The first kappa shape index (κ1) is 28.4. The van der Waals surface area contributed by atoms with E-state index in [2.05, 4.69) is 52.5 Å². The summed E-state index contributed by atoms with van der Waals surface area (Å²) in [5.41, 5.74) is 0.747. The van der Waals surface area contributed by atoms with E-state index in [0.29, 0.717) is 46.5 Å². The van der Waals surface area contributed by atoms with Crippen molar-refractivity contribution in [1.82, 2.24) is 10.1 Å². The highest BCUT2D eigenvalue weighted by Gasteiger charge is 2.65. The summed E-state index contributed by atoms with van der Waals surface area (Å²) in [7, 11) is -1.72. The van der Waals surface area contributed by atoms with Gasteiger partial charge in [-0.3, -0.25) is 0 Å². The maximum absolute atomic E-state index is 10.8. The van der Waals surface area contributed by atoms with Gasteiger partial charge in [-0.05, 0) is 136 Å². The van der Waals surface area contributed by atoms with E-state index in [-0.39, 0.29) is 6.10 Å². The summed E-state index contributed by atoms with van der Waals surface area (Å²) in [5, 5.41) is 15.1. The molecule has 0 spiro atoms. The highest BCUT2D eigenvalue weighted by Crippen LogP contribution is 2.70. The Morgan fingerprint density at radius 2 is 1.72 bits per heavy atom. The lowest BCUT2D eigenvalue weighted by atomic mass is 9.41. The van der Waals surface area contributed by atoms with Crippen LogP contribution in [0.4, 0.5) is 0 Å². The number of aliphatic hydroxyl groups is 1. The molecular formula is C33H56N2O3Si. The van der Waals surface area contributed by atoms with E-state index >= 15 is 0 Å². The van der Waals surface area contributed by atoms with Crippen molar-refractivity contribution in [1.29, 1.82) is 0 Å². The van der Waals surface area contributed by atoms with Gasteiger partial charge in [0.2, 0.25) is 5.89 Å². The van der Waals surface area contributed by atoms with Crippen molar-refractivity contribution in [2.45, 2.75) is 143 Å². The topological polar surface area (TPSA) is 68.4 Å². The van der Waals surface area contributed by atoms with E-state index in [4.69, 9.17) is 13.9 Å². The molecule has 0 radical (unpaired) electrons. The number of hydrogen-bond acceptors (Lipinski definition) is 5. The van der Waals surface area contributed by atoms with Gasteiger partial charge in [-0.25, -0.2) is 0 Å². The van der Waals surface area contributed by atoms with Crippen molar-refractivity contribution in [3.63, 3.8) is 0 Å².